The first-order chi connectivity index (χ1) is 12.0. The second-order valence-electron chi connectivity index (χ2n) is 6.99. The fraction of sp³-hybridized carbons (Fsp3) is 0.611. The third-order valence-corrected chi connectivity index (χ3v) is 4.08. The lowest BCUT2D eigenvalue weighted by molar-refractivity contribution is -0.137. The minimum atomic E-state index is -0.812. The Labute approximate surface area is 153 Å². The Morgan fingerprint density at radius 3 is 1.96 bits per heavy atom. The Hall–Kier alpha value is -2.51. The molecule has 2 N–H and O–H groups in total. The molecule has 144 valence electrons. The molecule has 0 aromatic carbocycles. The first kappa shape index (κ1) is 21.5. The van der Waals surface area contributed by atoms with E-state index >= 15 is 0 Å². The molecule has 2 unspecified atom stereocenters. The van der Waals surface area contributed by atoms with Crippen LogP contribution in [0.15, 0.2) is 12.2 Å². The van der Waals surface area contributed by atoms with Crippen LogP contribution in [0.4, 0.5) is 0 Å². The number of carbonyl (C=O) groups excluding carboxylic acids is 5. The Bertz CT molecular complexity index is 606. The summed E-state index contributed by atoms with van der Waals surface area (Å²) in [5, 5.41) is 5.24. The highest BCUT2D eigenvalue weighted by Gasteiger charge is 2.28. The first-order valence-corrected chi connectivity index (χ1v) is 8.71. The van der Waals surface area contributed by atoms with E-state index in [1.807, 2.05) is 0 Å². The normalized spacial score (nSPS) is 16.2. The summed E-state index contributed by atoms with van der Waals surface area (Å²) in [5.41, 5.74) is 0. The standard InChI is InChI=1S/C18H27N3O5/c1-10(2)16(18(26)19-12(5)17(25)11(3)4)20-13(22)8-9-21-14(23)6-7-15(21)24/h6-7,10-12,16H,8-9H2,1-5H3,(H,19,26)(H,20,22). The number of hydrogen-bond donors (Lipinski definition) is 2. The number of hydrogen-bond acceptors (Lipinski definition) is 5. The predicted octanol–water partition coefficient (Wildman–Crippen LogP) is 0.172. The van der Waals surface area contributed by atoms with E-state index in [2.05, 4.69) is 10.6 Å². The summed E-state index contributed by atoms with van der Waals surface area (Å²) in [5.74, 6) is -2.30. The van der Waals surface area contributed by atoms with Crippen LogP contribution in [-0.2, 0) is 24.0 Å². The van der Waals surface area contributed by atoms with Gasteiger partial charge in [-0.3, -0.25) is 28.9 Å². The Balaban J connectivity index is 2.59. The van der Waals surface area contributed by atoms with Crippen molar-refractivity contribution in [1.82, 2.24) is 15.5 Å². The van der Waals surface area contributed by atoms with Crippen molar-refractivity contribution in [2.75, 3.05) is 6.54 Å². The Morgan fingerprint density at radius 1 is 0.962 bits per heavy atom. The molecule has 0 aromatic heterocycles. The van der Waals surface area contributed by atoms with E-state index in [4.69, 9.17) is 0 Å². The minimum absolute atomic E-state index is 0.0504. The van der Waals surface area contributed by atoms with Gasteiger partial charge < -0.3 is 10.6 Å². The lowest BCUT2D eigenvalue weighted by Gasteiger charge is -2.24. The maximum atomic E-state index is 12.4. The van der Waals surface area contributed by atoms with Crippen molar-refractivity contribution in [3.63, 3.8) is 0 Å². The molecule has 1 rings (SSSR count). The van der Waals surface area contributed by atoms with Gasteiger partial charge >= 0.3 is 0 Å². The number of rotatable bonds is 9. The molecule has 26 heavy (non-hydrogen) atoms. The van der Waals surface area contributed by atoms with Crippen LogP contribution >= 0.6 is 0 Å². The van der Waals surface area contributed by atoms with E-state index in [0.29, 0.717) is 0 Å². The van der Waals surface area contributed by atoms with Gasteiger partial charge in [0.1, 0.15) is 6.04 Å². The van der Waals surface area contributed by atoms with Gasteiger partial charge in [-0.15, -0.1) is 0 Å². The lowest BCUT2D eigenvalue weighted by Crippen LogP contribution is -2.53. The average Bonchev–Trinajstić information content (AvgIpc) is 2.87. The number of carbonyl (C=O) groups is 5. The second-order valence-corrected chi connectivity index (χ2v) is 6.99. The third kappa shape index (κ3) is 5.79. The third-order valence-electron chi connectivity index (χ3n) is 4.08. The SMILES string of the molecule is CC(C)C(=O)C(C)NC(=O)C(NC(=O)CCN1C(=O)C=CC1=O)C(C)C. The number of amides is 4. The molecule has 8 heteroatoms. The molecular formula is C18H27N3O5. The molecule has 2 atom stereocenters. The van der Waals surface area contributed by atoms with E-state index in [1.54, 1.807) is 34.6 Å². The van der Waals surface area contributed by atoms with E-state index in [9.17, 15) is 24.0 Å². The van der Waals surface area contributed by atoms with E-state index in [-0.39, 0.29) is 30.6 Å². The molecule has 0 saturated carbocycles. The summed E-state index contributed by atoms with van der Waals surface area (Å²) in [7, 11) is 0. The molecule has 8 nitrogen and oxygen atoms in total. The van der Waals surface area contributed by atoms with Gasteiger partial charge in [-0.05, 0) is 12.8 Å². The van der Waals surface area contributed by atoms with Crippen LogP contribution < -0.4 is 10.6 Å². The van der Waals surface area contributed by atoms with Gasteiger partial charge in [-0.2, -0.15) is 0 Å². The van der Waals surface area contributed by atoms with Crippen LogP contribution in [0.3, 0.4) is 0 Å². The molecule has 0 saturated heterocycles. The molecule has 0 radical (unpaired) electrons. The van der Waals surface area contributed by atoms with E-state index in [1.165, 1.54) is 0 Å². The molecule has 0 aromatic rings. The Morgan fingerprint density at radius 2 is 1.50 bits per heavy atom. The smallest absolute Gasteiger partial charge is 0.253 e. The summed E-state index contributed by atoms with van der Waals surface area (Å²) >= 11 is 0. The van der Waals surface area contributed by atoms with Gasteiger partial charge in [0.15, 0.2) is 5.78 Å². The number of nitrogens with zero attached hydrogens (tertiary/aromatic N) is 1. The first-order valence-electron chi connectivity index (χ1n) is 8.71. The molecule has 1 heterocycles. The zero-order valence-electron chi connectivity index (χ0n) is 15.9. The van der Waals surface area contributed by atoms with Crippen LogP contribution in [0, 0.1) is 11.8 Å². The maximum absolute atomic E-state index is 12.4. The summed E-state index contributed by atoms with van der Waals surface area (Å²) in [6, 6.07) is -1.46. The fourth-order valence-electron chi connectivity index (χ4n) is 2.52. The highest BCUT2D eigenvalue weighted by Crippen LogP contribution is 2.07. The van der Waals surface area contributed by atoms with Gasteiger partial charge in [0.25, 0.3) is 11.8 Å². The van der Waals surface area contributed by atoms with Gasteiger partial charge in [0, 0.05) is 31.0 Å². The number of Topliss-reactive ketones (excluding diaryl/α,β-unsaturated/α-hetero) is 1. The van der Waals surface area contributed by atoms with Gasteiger partial charge in [-0.25, -0.2) is 0 Å². The fourth-order valence-corrected chi connectivity index (χ4v) is 2.52. The molecule has 1 aliphatic rings. The lowest BCUT2D eigenvalue weighted by atomic mass is 10.00. The summed E-state index contributed by atoms with van der Waals surface area (Å²) in [6.07, 6.45) is 2.20. The van der Waals surface area contributed by atoms with E-state index < -0.39 is 35.7 Å². The summed E-state index contributed by atoms with van der Waals surface area (Å²) in [4.78, 5) is 60.4. The molecule has 0 bridgehead atoms. The maximum Gasteiger partial charge on any atom is 0.253 e. The highest BCUT2D eigenvalue weighted by molar-refractivity contribution is 6.13. The van der Waals surface area contributed by atoms with Gasteiger partial charge in [-0.1, -0.05) is 27.7 Å². The number of nitrogens with one attached hydrogen (secondary N) is 2. The highest BCUT2D eigenvalue weighted by atomic mass is 16.2. The quantitative estimate of drug-likeness (QED) is 0.566. The largest absolute Gasteiger partial charge is 0.345 e. The zero-order chi connectivity index (χ0) is 20.0. The molecule has 0 aliphatic carbocycles. The van der Waals surface area contributed by atoms with Crippen LogP contribution in [0.1, 0.15) is 41.0 Å². The molecule has 1 aliphatic heterocycles. The van der Waals surface area contributed by atoms with Crippen molar-refractivity contribution in [2.24, 2.45) is 11.8 Å². The average molecular weight is 365 g/mol. The van der Waals surface area contributed by atoms with Crippen molar-refractivity contribution in [2.45, 2.75) is 53.1 Å². The summed E-state index contributed by atoms with van der Waals surface area (Å²) in [6.45, 7) is 8.61. The molecule has 0 spiro atoms. The van der Waals surface area contributed by atoms with E-state index in [0.717, 1.165) is 17.1 Å². The predicted molar refractivity (Wildman–Crippen MR) is 94.7 cm³/mol. The van der Waals surface area contributed by atoms with Crippen LogP contribution in [-0.4, -0.2) is 52.9 Å². The van der Waals surface area contributed by atoms with Gasteiger partial charge in [0.2, 0.25) is 11.8 Å². The van der Waals surface area contributed by atoms with Crippen molar-refractivity contribution < 1.29 is 24.0 Å². The monoisotopic (exact) mass is 365 g/mol. The van der Waals surface area contributed by atoms with Crippen LogP contribution in [0.2, 0.25) is 0 Å². The zero-order valence-corrected chi connectivity index (χ0v) is 15.9. The summed E-state index contributed by atoms with van der Waals surface area (Å²) < 4.78 is 0. The van der Waals surface area contributed by atoms with Crippen LogP contribution in [0.25, 0.3) is 0 Å². The van der Waals surface area contributed by atoms with Crippen molar-refractivity contribution in [3.05, 3.63) is 12.2 Å². The van der Waals surface area contributed by atoms with Gasteiger partial charge in [0.05, 0.1) is 6.04 Å². The topological polar surface area (TPSA) is 113 Å². The van der Waals surface area contributed by atoms with Crippen molar-refractivity contribution in [3.8, 4) is 0 Å². The second kappa shape index (κ2) is 9.26. The molecule has 4 amide bonds. The number of ketones is 1. The molecular weight excluding hydrogens is 338 g/mol. The van der Waals surface area contributed by atoms with Crippen LogP contribution in [0.5, 0.6) is 0 Å². The Kier molecular flexibility index (Phi) is 7.67. The van der Waals surface area contributed by atoms with Crippen molar-refractivity contribution >= 4 is 29.4 Å². The van der Waals surface area contributed by atoms with Crippen molar-refractivity contribution in [1.29, 1.82) is 0 Å². The number of imide groups is 1. The minimum Gasteiger partial charge on any atom is -0.345 e. The molecule has 0 fully saturated rings.